The number of anilines is 1. The van der Waals surface area contributed by atoms with Gasteiger partial charge in [-0.05, 0) is 36.1 Å². The number of benzene rings is 1. The summed E-state index contributed by atoms with van der Waals surface area (Å²) in [5, 5.41) is 7.75. The molecule has 1 heterocycles. The minimum Gasteiger partial charge on any atom is -0.385 e. The third-order valence-electron chi connectivity index (χ3n) is 2.75. The third kappa shape index (κ3) is 3.81. The highest BCUT2D eigenvalue weighted by Gasteiger charge is 2.01. The highest BCUT2D eigenvalue weighted by atomic mass is 32.2. The summed E-state index contributed by atoms with van der Waals surface area (Å²) in [5.41, 5.74) is 2.50. The summed E-state index contributed by atoms with van der Waals surface area (Å²) in [5.74, 6) is 1.20. The molecule has 0 unspecified atom stereocenters. The molecule has 3 nitrogen and oxygen atoms in total. The predicted molar refractivity (Wildman–Crippen MR) is 79.3 cm³/mol. The molecule has 2 aromatic rings. The fourth-order valence-electron chi connectivity index (χ4n) is 1.84. The van der Waals surface area contributed by atoms with Crippen LogP contribution in [-0.4, -0.2) is 28.3 Å². The third-order valence-corrected chi connectivity index (χ3v) is 3.45. The van der Waals surface area contributed by atoms with Crippen molar-refractivity contribution in [1.29, 1.82) is 0 Å². The van der Waals surface area contributed by atoms with Gasteiger partial charge in [0.05, 0.1) is 6.54 Å². The largest absolute Gasteiger partial charge is 0.385 e. The van der Waals surface area contributed by atoms with Gasteiger partial charge in [0.25, 0.3) is 0 Å². The summed E-state index contributed by atoms with van der Waals surface area (Å²) in [6.07, 6.45) is 7.14. The van der Waals surface area contributed by atoms with E-state index in [1.165, 1.54) is 23.4 Å². The Morgan fingerprint density at radius 2 is 2.17 bits per heavy atom. The Bertz CT molecular complexity index is 454. The molecule has 96 valence electrons. The van der Waals surface area contributed by atoms with Gasteiger partial charge in [-0.2, -0.15) is 16.9 Å². The van der Waals surface area contributed by atoms with E-state index in [0.29, 0.717) is 0 Å². The van der Waals surface area contributed by atoms with Gasteiger partial charge in [-0.3, -0.25) is 4.68 Å². The quantitative estimate of drug-likeness (QED) is 0.777. The van der Waals surface area contributed by atoms with Crippen LogP contribution in [0.4, 0.5) is 5.69 Å². The van der Waals surface area contributed by atoms with Gasteiger partial charge >= 0.3 is 0 Å². The zero-order valence-electron chi connectivity index (χ0n) is 10.7. The molecule has 0 atom stereocenters. The monoisotopic (exact) mass is 261 g/mol. The Morgan fingerprint density at radius 3 is 2.94 bits per heavy atom. The van der Waals surface area contributed by atoms with Crippen LogP contribution in [0.15, 0.2) is 42.7 Å². The molecule has 0 saturated heterocycles. The van der Waals surface area contributed by atoms with Crippen LogP contribution in [0.3, 0.4) is 0 Å². The number of hydrogen-bond donors (Lipinski definition) is 1. The van der Waals surface area contributed by atoms with Crippen molar-refractivity contribution in [2.24, 2.45) is 0 Å². The number of thioether (sulfide) groups is 1. The van der Waals surface area contributed by atoms with E-state index in [9.17, 15) is 0 Å². The maximum absolute atomic E-state index is 4.25. The Balaban J connectivity index is 1.97. The van der Waals surface area contributed by atoms with Crippen molar-refractivity contribution in [3.05, 3.63) is 48.3 Å². The summed E-state index contributed by atoms with van der Waals surface area (Å²) < 4.78 is 1.95. The Morgan fingerprint density at radius 1 is 1.28 bits per heavy atom. The summed E-state index contributed by atoms with van der Waals surface area (Å²) >= 11 is 1.89. The Kier molecular flexibility index (Phi) is 5.15. The lowest BCUT2D eigenvalue weighted by Crippen LogP contribution is -2.07. The summed E-state index contributed by atoms with van der Waals surface area (Å²) in [6, 6.07) is 10.4. The number of nitrogens with one attached hydrogen (secondary N) is 1. The molecule has 2 rings (SSSR count). The van der Waals surface area contributed by atoms with E-state index in [1.54, 1.807) is 0 Å². The zero-order valence-corrected chi connectivity index (χ0v) is 11.5. The molecule has 0 saturated carbocycles. The molecule has 0 amide bonds. The van der Waals surface area contributed by atoms with Crippen LogP contribution in [0.5, 0.6) is 0 Å². The molecule has 1 aromatic carbocycles. The molecule has 0 bridgehead atoms. The highest BCUT2D eigenvalue weighted by Crippen LogP contribution is 2.16. The molecule has 1 aromatic heterocycles. The number of para-hydroxylation sites is 1. The number of nitrogens with zero attached hydrogens (tertiary/aromatic N) is 2. The van der Waals surface area contributed by atoms with Crippen LogP contribution >= 0.6 is 11.8 Å². The SMILES string of the molecule is CSCCCNc1ccccc1Cn1cccn1. The lowest BCUT2D eigenvalue weighted by atomic mass is 10.1. The molecule has 0 aliphatic carbocycles. The lowest BCUT2D eigenvalue weighted by Gasteiger charge is -2.11. The van der Waals surface area contributed by atoms with E-state index < -0.39 is 0 Å². The Labute approximate surface area is 113 Å². The highest BCUT2D eigenvalue weighted by molar-refractivity contribution is 7.98. The predicted octanol–water partition coefficient (Wildman–Crippen LogP) is 3.10. The molecule has 4 heteroatoms. The fourth-order valence-corrected chi connectivity index (χ4v) is 2.27. The summed E-state index contributed by atoms with van der Waals surface area (Å²) in [4.78, 5) is 0. The van der Waals surface area contributed by atoms with E-state index in [2.05, 4.69) is 40.9 Å². The normalized spacial score (nSPS) is 10.5. The van der Waals surface area contributed by atoms with Crippen molar-refractivity contribution >= 4 is 17.4 Å². The van der Waals surface area contributed by atoms with Gasteiger partial charge in [-0.1, -0.05) is 18.2 Å². The first-order valence-electron chi connectivity index (χ1n) is 6.18. The van der Waals surface area contributed by atoms with E-state index in [1.807, 2.05) is 34.9 Å². The van der Waals surface area contributed by atoms with Crippen molar-refractivity contribution in [3.63, 3.8) is 0 Å². The molecular weight excluding hydrogens is 242 g/mol. The molecule has 0 aliphatic heterocycles. The smallest absolute Gasteiger partial charge is 0.0679 e. The van der Waals surface area contributed by atoms with Crippen LogP contribution in [0.2, 0.25) is 0 Å². The van der Waals surface area contributed by atoms with E-state index in [-0.39, 0.29) is 0 Å². The van der Waals surface area contributed by atoms with Crippen LogP contribution in [-0.2, 0) is 6.54 Å². The molecule has 18 heavy (non-hydrogen) atoms. The van der Waals surface area contributed by atoms with Gasteiger partial charge in [-0.15, -0.1) is 0 Å². The summed E-state index contributed by atoms with van der Waals surface area (Å²) in [6.45, 7) is 1.84. The topological polar surface area (TPSA) is 29.9 Å². The number of aromatic nitrogens is 2. The summed E-state index contributed by atoms with van der Waals surface area (Å²) in [7, 11) is 0. The standard InChI is InChI=1S/C14H19N3S/c1-18-11-5-8-15-14-7-3-2-6-13(14)12-17-10-4-9-16-17/h2-4,6-7,9-10,15H,5,8,11-12H2,1H3. The van der Waals surface area contributed by atoms with Gasteiger partial charge in [-0.25, -0.2) is 0 Å². The van der Waals surface area contributed by atoms with Gasteiger partial charge in [0.1, 0.15) is 0 Å². The van der Waals surface area contributed by atoms with Gasteiger partial charge in [0.2, 0.25) is 0 Å². The maximum Gasteiger partial charge on any atom is 0.0679 e. The molecule has 0 aliphatic rings. The van der Waals surface area contributed by atoms with Gasteiger partial charge in [0, 0.05) is 24.6 Å². The average molecular weight is 261 g/mol. The van der Waals surface area contributed by atoms with Crippen molar-refractivity contribution in [2.45, 2.75) is 13.0 Å². The van der Waals surface area contributed by atoms with Crippen LogP contribution in [0.25, 0.3) is 0 Å². The second-order valence-electron chi connectivity index (χ2n) is 4.13. The molecule has 1 N–H and O–H groups in total. The second kappa shape index (κ2) is 7.11. The van der Waals surface area contributed by atoms with E-state index >= 15 is 0 Å². The molecular formula is C14H19N3S. The number of hydrogen-bond acceptors (Lipinski definition) is 3. The van der Waals surface area contributed by atoms with Crippen molar-refractivity contribution in [2.75, 3.05) is 23.9 Å². The molecule has 0 fully saturated rings. The van der Waals surface area contributed by atoms with Crippen LogP contribution < -0.4 is 5.32 Å². The molecule has 0 spiro atoms. The van der Waals surface area contributed by atoms with E-state index in [4.69, 9.17) is 0 Å². The van der Waals surface area contributed by atoms with Gasteiger partial charge < -0.3 is 5.32 Å². The van der Waals surface area contributed by atoms with Crippen molar-refractivity contribution in [1.82, 2.24) is 9.78 Å². The first-order valence-corrected chi connectivity index (χ1v) is 7.57. The number of rotatable bonds is 7. The Hall–Kier alpha value is -1.42. The maximum atomic E-state index is 4.25. The van der Waals surface area contributed by atoms with Crippen LogP contribution in [0, 0.1) is 0 Å². The minimum atomic E-state index is 0.818. The van der Waals surface area contributed by atoms with Crippen molar-refractivity contribution in [3.8, 4) is 0 Å². The van der Waals surface area contributed by atoms with Gasteiger partial charge in [0.15, 0.2) is 0 Å². The first kappa shape index (κ1) is 13.0. The van der Waals surface area contributed by atoms with Crippen LogP contribution in [0.1, 0.15) is 12.0 Å². The zero-order chi connectivity index (χ0) is 12.6. The fraction of sp³-hybridized carbons (Fsp3) is 0.357. The second-order valence-corrected chi connectivity index (χ2v) is 5.12. The molecule has 0 radical (unpaired) electrons. The van der Waals surface area contributed by atoms with Crippen molar-refractivity contribution < 1.29 is 0 Å². The average Bonchev–Trinajstić information content (AvgIpc) is 2.89. The lowest BCUT2D eigenvalue weighted by molar-refractivity contribution is 0.687. The first-order chi connectivity index (χ1) is 8.90. The minimum absolute atomic E-state index is 0.818. The van der Waals surface area contributed by atoms with E-state index in [0.717, 1.165) is 13.1 Å².